The average molecular weight is 1310 g/mol. The zero-order valence-electron chi connectivity index (χ0n) is 44.5. The van der Waals surface area contributed by atoms with Crippen molar-refractivity contribution < 1.29 is 131 Å². The van der Waals surface area contributed by atoms with Crippen LogP contribution in [0.1, 0.15) is 157 Å². The topological polar surface area (TPSA) is 0 Å². The number of rotatable bonds is 9. The van der Waals surface area contributed by atoms with Crippen LogP contribution in [0, 0.1) is 60.4 Å². The summed E-state index contributed by atoms with van der Waals surface area (Å²) in [5.41, 5.74) is 11.1. The standard InChI is InChI=1S/C20H28P2.C10H10.C8H8P2.C8H6.C8H18.C6H13P.4Y/c1-15-10-11-16(2)21(15)14-20(19-8-6-5-7-9-19)22-17(3)12-13-18(22)4;1-3-9(2)10-7-5-4-6-8-10;9-6-8(10)7-4-2-1-3-5-7;1-2-8-6-4-3-5-7-8;1-7(2)5-6-8(3)4;1-5-3-4-6(2)7-5;;;;/h5-8,15-18H,10-13H2,1-4H3;4-7H,1-2H3;1-4H,9-10H2;1-6H;7-8H,5-6H2,1-4H3;5-7H,3-4H2,1-2H3;;;;/q4*-2;;;;;;. The van der Waals surface area contributed by atoms with Gasteiger partial charge in [0.15, 0.2) is 0 Å². The van der Waals surface area contributed by atoms with Crippen LogP contribution in [0.15, 0.2) is 97.1 Å². The van der Waals surface area contributed by atoms with Gasteiger partial charge >= 0.3 is 0 Å². The molecule has 4 aromatic rings. The second-order valence-corrected chi connectivity index (χ2v) is 27.5. The van der Waals surface area contributed by atoms with E-state index < -0.39 is 0 Å². The fraction of sp³-hybridized carbons (Fsp3) is 0.467. The molecule has 9 heteroatoms. The fourth-order valence-electron chi connectivity index (χ4n) is 7.70. The number of hydrogen-bond donors (Lipinski definition) is 0. The molecule has 0 bridgehead atoms. The van der Waals surface area contributed by atoms with Gasteiger partial charge in [0.1, 0.15) is 0 Å². The summed E-state index contributed by atoms with van der Waals surface area (Å²) in [5, 5.41) is 2.60. The second kappa shape index (κ2) is 45.4. The van der Waals surface area contributed by atoms with Crippen LogP contribution in [-0.4, -0.2) is 34.0 Å². The monoisotopic (exact) mass is 1310 g/mol. The van der Waals surface area contributed by atoms with E-state index in [9.17, 15) is 0 Å². The minimum absolute atomic E-state index is 0. The van der Waals surface area contributed by atoms with E-state index in [1.807, 2.05) is 86.6 Å². The molecule has 3 heterocycles. The van der Waals surface area contributed by atoms with E-state index in [1.165, 1.54) is 71.6 Å². The maximum absolute atomic E-state index is 5.19. The van der Waals surface area contributed by atoms with E-state index in [0.717, 1.165) is 73.4 Å². The van der Waals surface area contributed by atoms with Crippen molar-refractivity contribution in [1.82, 2.24) is 0 Å². The summed E-state index contributed by atoms with van der Waals surface area (Å²) in [6, 6.07) is 44.6. The van der Waals surface area contributed by atoms with Gasteiger partial charge in [0.2, 0.25) is 0 Å². The molecule has 7 rings (SSSR count). The first-order valence-corrected chi connectivity index (χ1v) is 29.4. The Morgan fingerprint density at radius 1 is 0.638 bits per heavy atom. The van der Waals surface area contributed by atoms with Crippen LogP contribution < -0.4 is 0 Å². The normalized spacial score (nSPS) is 22.8. The van der Waals surface area contributed by atoms with Gasteiger partial charge < -0.3 is 35.4 Å². The summed E-state index contributed by atoms with van der Waals surface area (Å²) in [6.45, 7) is 32.8. The van der Waals surface area contributed by atoms with E-state index in [0.29, 0.717) is 0 Å². The molecule has 0 nitrogen and oxygen atoms in total. The molecule has 0 N–H and O–H groups in total. The Balaban J connectivity index is -0.000000798. The number of hydrogen-bond acceptors (Lipinski definition) is 0. The minimum atomic E-state index is -0.0756. The molecule has 3 aliphatic rings. The minimum Gasteiger partial charge on any atom is -0.344 e. The van der Waals surface area contributed by atoms with Gasteiger partial charge in [-0.2, -0.15) is 73.6 Å². The Morgan fingerprint density at radius 2 is 1.04 bits per heavy atom. The van der Waals surface area contributed by atoms with Crippen molar-refractivity contribution in [2.75, 3.05) is 0 Å². The maximum atomic E-state index is 5.19. The van der Waals surface area contributed by atoms with Crippen LogP contribution in [0.2, 0.25) is 0 Å². The van der Waals surface area contributed by atoms with E-state index in [2.05, 4.69) is 154 Å². The van der Waals surface area contributed by atoms with Gasteiger partial charge in [-0.15, -0.1) is 46.7 Å². The summed E-state index contributed by atoms with van der Waals surface area (Å²) in [6.07, 6.45) is 15.9. The SMILES string of the molecule is CC(C)CCC(C)C.CC1CCC(C)P1.CC1CCC(C)P1[C-]=C(c1[c-]cccc1)P1C(C)CCC1C.C[C-]=C(C)c1[c-]cccc1.P[C-]=C(P)c1[c-]cccc1.[CH-]=Cc1[c-]cccc1.[Y].[Y].[Y].[Y]. The van der Waals surface area contributed by atoms with Crippen LogP contribution in [-0.2, 0) is 131 Å². The van der Waals surface area contributed by atoms with Crippen molar-refractivity contribution >= 4 is 65.2 Å². The third-order valence-corrected chi connectivity index (χ3v) is 21.0. The summed E-state index contributed by atoms with van der Waals surface area (Å²) in [7, 11) is 6.15. The summed E-state index contributed by atoms with van der Waals surface area (Å²) < 4.78 is 0. The Labute approximate surface area is 536 Å². The summed E-state index contributed by atoms with van der Waals surface area (Å²) >= 11 is 0. The van der Waals surface area contributed by atoms with Crippen LogP contribution in [0.4, 0.5) is 0 Å². The van der Waals surface area contributed by atoms with Crippen molar-refractivity contribution in [3.8, 4) is 0 Å². The molecule has 3 fully saturated rings. The van der Waals surface area contributed by atoms with Gasteiger partial charge in [0.25, 0.3) is 0 Å². The molecular weight excluding hydrogens is 1230 g/mol. The van der Waals surface area contributed by atoms with E-state index in [1.54, 1.807) is 5.31 Å². The van der Waals surface area contributed by atoms with Crippen molar-refractivity contribution in [3.63, 3.8) is 0 Å². The molecule has 4 radical (unpaired) electrons. The Kier molecular flexibility index (Phi) is 49.8. The molecule has 4 aromatic carbocycles. The molecule has 3 saturated heterocycles. The number of allylic oxidation sites excluding steroid dienone is 2. The van der Waals surface area contributed by atoms with Gasteiger partial charge in [-0.3, -0.25) is 33.4 Å². The second-order valence-electron chi connectivity index (χ2n) is 18.5. The maximum Gasteiger partial charge on any atom is 0 e. The predicted octanol–water partition coefficient (Wildman–Crippen LogP) is 19.0. The predicted molar refractivity (Wildman–Crippen MR) is 306 cm³/mol. The molecule has 0 saturated carbocycles. The average Bonchev–Trinajstić information content (AvgIpc) is 4.00. The quantitative estimate of drug-likeness (QED) is 0.116. The molecule has 368 valence electrons. The smallest absolute Gasteiger partial charge is 0 e. The van der Waals surface area contributed by atoms with Crippen molar-refractivity contribution in [2.45, 2.75) is 168 Å². The summed E-state index contributed by atoms with van der Waals surface area (Å²) in [4.78, 5) is 0. The van der Waals surface area contributed by atoms with Crippen molar-refractivity contribution in [1.29, 1.82) is 0 Å². The Hall–Kier alpha value is 2.41. The third-order valence-electron chi connectivity index (χ3n) is 11.8. The van der Waals surface area contributed by atoms with Gasteiger partial charge in [-0.1, -0.05) is 82.1 Å². The molecule has 0 aromatic heterocycles. The molecular formula is C60H83P5Y4-8. The summed E-state index contributed by atoms with van der Waals surface area (Å²) in [5.74, 6) is 8.83. The molecule has 3 aliphatic heterocycles. The van der Waals surface area contributed by atoms with Crippen molar-refractivity contribution in [2.24, 2.45) is 11.8 Å². The van der Waals surface area contributed by atoms with E-state index >= 15 is 0 Å². The molecule has 8 atom stereocenters. The molecule has 0 spiro atoms. The van der Waals surface area contributed by atoms with Crippen LogP contribution in [0.25, 0.3) is 22.3 Å². The van der Waals surface area contributed by atoms with Gasteiger partial charge in [0.05, 0.1) is 0 Å². The van der Waals surface area contributed by atoms with Crippen LogP contribution in [0.5, 0.6) is 0 Å². The largest absolute Gasteiger partial charge is 0.344 e. The van der Waals surface area contributed by atoms with Gasteiger partial charge in [-0.25, -0.2) is 57.8 Å². The first kappa shape index (κ1) is 75.6. The first-order valence-electron chi connectivity index (χ1n) is 24.1. The first-order chi connectivity index (χ1) is 31.1. The molecule has 0 amide bonds. The van der Waals surface area contributed by atoms with Crippen molar-refractivity contribution in [3.05, 3.63) is 168 Å². The Morgan fingerprint density at radius 3 is 1.36 bits per heavy atom. The van der Waals surface area contributed by atoms with Crippen LogP contribution >= 0.6 is 42.9 Å². The van der Waals surface area contributed by atoms with Gasteiger partial charge in [-0.05, 0) is 84.3 Å². The zero-order chi connectivity index (χ0) is 48.1. The zero-order valence-corrected chi connectivity index (χ0v) is 61.0. The van der Waals surface area contributed by atoms with Gasteiger partial charge in [0, 0.05) is 131 Å². The fourth-order valence-corrected chi connectivity index (χ4v) is 16.0. The van der Waals surface area contributed by atoms with E-state index in [-0.39, 0.29) is 147 Å². The van der Waals surface area contributed by atoms with E-state index in [4.69, 9.17) is 6.58 Å². The number of benzene rings is 4. The Bertz CT molecular complexity index is 1830. The van der Waals surface area contributed by atoms with Crippen LogP contribution in [0.3, 0.4) is 0 Å². The third kappa shape index (κ3) is 32.7. The molecule has 0 aliphatic carbocycles. The molecule has 69 heavy (non-hydrogen) atoms. The molecule has 8 unspecified atom stereocenters.